The Morgan fingerprint density at radius 3 is 2.75 bits per heavy atom. The molecule has 3 N–H and O–H groups in total. The number of carbonyl (C=O) groups excluding carboxylic acids is 1. The highest BCUT2D eigenvalue weighted by Crippen LogP contribution is 2.47. The van der Waals surface area contributed by atoms with Gasteiger partial charge in [0.2, 0.25) is 5.91 Å². The Morgan fingerprint density at radius 1 is 1.50 bits per heavy atom. The molecule has 0 radical (unpaired) electrons. The molecule has 3 nitrogen and oxygen atoms in total. The lowest BCUT2D eigenvalue weighted by molar-refractivity contribution is -0.122. The molecule has 90 valence electrons. The van der Waals surface area contributed by atoms with Gasteiger partial charge in [0.25, 0.3) is 0 Å². The van der Waals surface area contributed by atoms with Crippen molar-refractivity contribution in [3.05, 3.63) is 0 Å². The monoisotopic (exact) mass is 240 g/mol. The number of hydrogen-bond donors (Lipinski definition) is 2. The van der Waals surface area contributed by atoms with Crippen molar-refractivity contribution in [3.8, 4) is 0 Å². The van der Waals surface area contributed by atoms with Gasteiger partial charge >= 0.3 is 0 Å². The van der Waals surface area contributed by atoms with Crippen LogP contribution in [0.1, 0.15) is 32.6 Å². The standard InChI is InChI=1S/C12H20N2OS/c1-7(11(13)16)12(15)14-6-10-5-8-2-3-9(10)4-8/h7-10H,2-6H2,1H3,(H2,13,16)(H,14,15). The van der Waals surface area contributed by atoms with Crippen LogP contribution in [0.3, 0.4) is 0 Å². The van der Waals surface area contributed by atoms with E-state index < -0.39 is 0 Å². The van der Waals surface area contributed by atoms with Crippen molar-refractivity contribution in [2.24, 2.45) is 29.4 Å². The molecule has 0 spiro atoms. The number of carbonyl (C=O) groups is 1. The normalized spacial score (nSPS) is 33.7. The van der Waals surface area contributed by atoms with E-state index in [0.29, 0.717) is 5.92 Å². The molecule has 4 heteroatoms. The lowest BCUT2D eigenvalue weighted by atomic mass is 9.89. The van der Waals surface area contributed by atoms with E-state index in [-0.39, 0.29) is 16.8 Å². The minimum atomic E-state index is -0.339. The van der Waals surface area contributed by atoms with Gasteiger partial charge in [0.1, 0.15) is 0 Å². The first kappa shape index (κ1) is 11.8. The Kier molecular flexibility index (Phi) is 3.47. The molecule has 2 rings (SSSR count). The summed E-state index contributed by atoms with van der Waals surface area (Å²) in [6.07, 6.45) is 5.44. The molecule has 0 aromatic carbocycles. The fraction of sp³-hybridized carbons (Fsp3) is 0.833. The van der Waals surface area contributed by atoms with E-state index in [1.54, 1.807) is 6.92 Å². The second-order valence-corrected chi connectivity index (χ2v) is 5.78. The third-order valence-electron chi connectivity index (χ3n) is 4.24. The Hall–Kier alpha value is -0.640. The second-order valence-electron chi connectivity index (χ2n) is 5.30. The maximum Gasteiger partial charge on any atom is 0.229 e. The predicted octanol–water partition coefficient (Wildman–Crippen LogP) is 1.46. The van der Waals surface area contributed by atoms with E-state index in [1.165, 1.54) is 25.7 Å². The number of fused-ring (bicyclic) bond motifs is 2. The topological polar surface area (TPSA) is 55.1 Å². The minimum absolute atomic E-state index is 0.0183. The van der Waals surface area contributed by atoms with Gasteiger partial charge in [-0.1, -0.05) is 18.6 Å². The third-order valence-corrected chi connectivity index (χ3v) is 4.60. The Labute approximate surface area is 102 Å². The summed E-state index contributed by atoms with van der Waals surface area (Å²) in [6.45, 7) is 2.57. The number of hydrogen-bond acceptors (Lipinski definition) is 2. The molecule has 2 aliphatic carbocycles. The molecule has 1 amide bonds. The first-order valence-electron chi connectivity index (χ1n) is 6.15. The fourth-order valence-electron chi connectivity index (χ4n) is 3.14. The lowest BCUT2D eigenvalue weighted by Crippen LogP contribution is -2.39. The van der Waals surface area contributed by atoms with Crippen LogP contribution in [0.25, 0.3) is 0 Å². The average Bonchev–Trinajstić information content (AvgIpc) is 2.86. The van der Waals surface area contributed by atoms with Crippen molar-refractivity contribution < 1.29 is 4.79 Å². The summed E-state index contributed by atoms with van der Waals surface area (Å²) in [5.41, 5.74) is 5.45. The van der Waals surface area contributed by atoms with Crippen molar-refractivity contribution in [2.75, 3.05) is 6.54 Å². The molecule has 0 heterocycles. The number of nitrogens with one attached hydrogen (secondary N) is 1. The van der Waals surface area contributed by atoms with Gasteiger partial charge in [-0.15, -0.1) is 0 Å². The molecular formula is C12H20N2OS. The van der Waals surface area contributed by atoms with Gasteiger partial charge in [-0.3, -0.25) is 4.79 Å². The van der Waals surface area contributed by atoms with Crippen molar-refractivity contribution >= 4 is 23.1 Å². The second kappa shape index (κ2) is 4.70. The summed E-state index contributed by atoms with van der Waals surface area (Å²) in [5.74, 6) is 2.12. The number of nitrogens with two attached hydrogens (primary N) is 1. The van der Waals surface area contributed by atoms with Crippen molar-refractivity contribution in [3.63, 3.8) is 0 Å². The third kappa shape index (κ3) is 2.37. The van der Waals surface area contributed by atoms with Crippen LogP contribution >= 0.6 is 12.2 Å². The number of amides is 1. The van der Waals surface area contributed by atoms with E-state index >= 15 is 0 Å². The van der Waals surface area contributed by atoms with E-state index in [0.717, 1.165) is 18.4 Å². The molecule has 0 aromatic rings. The number of thiocarbonyl (C=S) groups is 1. The molecule has 4 unspecified atom stereocenters. The smallest absolute Gasteiger partial charge is 0.229 e. The molecular weight excluding hydrogens is 220 g/mol. The SMILES string of the molecule is CC(C(=O)NCC1CC2CCC1C2)C(N)=S. The maximum atomic E-state index is 11.7. The molecule has 2 aliphatic rings. The lowest BCUT2D eigenvalue weighted by Gasteiger charge is -2.22. The van der Waals surface area contributed by atoms with E-state index in [1.807, 2.05) is 0 Å². The quantitative estimate of drug-likeness (QED) is 0.732. The molecule has 0 saturated heterocycles. The first-order chi connectivity index (χ1) is 7.58. The molecule has 16 heavy (non-hydrogen) atoms. The fourth-order valence-corrected chi connectivity index (χ4v) is 3.25. The highest BCUT2D eigenvalue weighted by molar-refractivity contribution is 7.80. The zero-order valence-corrected chi connectivity index (χ0v) is 10.6. The van der Waals surface area contributed by atoms with Crippen LogP contribution in [0.5, 0.6) is 0 Å². The zero-order chi connectivity index (χ0) is 11.7. The summed E-state index contributed by atoms with van der Waals surface area (Å²) < 4.78 is 0. The molecule has 0 aromatic heterocycles. The van der Waals surface area contributed by atoms with E-state index in [9.17, 15) is 4.79 Å². The van der Waals surface area contributed by atoms with Crippen LogP contribution in [0.15, 0.2) is 0 Å². The van der Waals surface area contributed by atoms with Crippen LogP contribution in [0.4, 0.5) is 0 Å². The van der Waals surface area contributed by atoms with E-state index in [4.69, 9.17) is 18.0 Å². The Balaban J connectivity index is 1.75. The van der Waals surface area contributed by atoms with Crippen LogP contribution < -0.4 is 11.1 Å². The largest absolute Gasteiger partial charge is 0.393 e. The Bertz CT molecular complexity index is 305. The first-order valence-corrected chi connectivity index (χ1v) is 6.55. The van der Waals surface area contributed by atoms with Crippen molar-refractivity contribution in [1.29, 1.82) is 0 Å². The van der Waals surface area contributed by atoms with Crippen LogP contribution in [-0.4, -0.2) is 17.4 Å². The van der Waals surface area contributed by atoms with Gasteiger partial charge in [0.05, 0.1) is 10.9 Å². The maximum absolute atomic E-state index is 11.7. The molecule has 0 aliphatic heterocycles. The van der Waals surface area contributed by atoms with Crippen LogP contribution in [-0.2, 0) is 4.79 Å². The summed E-state index contributed by atoms with van der Waals surface area (Å²) in [4.78, 5) is 12.0. The van der Waals surface area contributed by atoms with Gasteiger partial charge in [-0.2, -0.15) is 0 Å². The van der Waals surface area contributed by atoms with Crippen molar-refractivity contribution in [1.82, 2.24) is 5.32 Å². The summed E-state index contributed by atoms with van der Waals surface area (Å²) in [6, 6.07) is 0. The average molecular weight is 240 g/mol. The summed E-state index contributed by atoms with van der Waals surface area (Å²) in [7, 11) is 0. The number of rotatable bonds is 4. The van der Waals surface area contributed by atoms with Gasteiger partial charge in [0, 0.05) is 6.54 Å². The van der Waals surface area contributed by atoms with Crippen molar-refractivity contribution in [2.45, 2.75) is 32.6 Å². The summed E-state index contributed by atoms with van der Waals surface area (Å²) >= 11 is 4.81. The molecule has 4 atom stereocenters. The molecule has 2 bridgehead atoms. The van der Waals surface area contributed by atoms with Crippen LogP contribution in [0.2, 0.25) is 0 Å². The van der Waals surface area contributed by atoms with E-state index in [2.05, 4.69) is 5.32 Å². The summed E-state index contributed by atoms with van der Waals surface area (Å²) in [5, 5.41) is 2.98. The zero-order valence-electron chi connectivity index (χ0n) is 9.74. The van der Waals surface area contributed by atoms with Gasteiger partial charge in [-0.05, 0) is 43.9 Å². The highest BCUT2D eigenvalue weighted by atomic mass is 32.1. The molecule has 2 fully saturated rings. The minimum Gasteiger partial charge on any atom is -0.393 e. The molecule has 2 saturated carbocycles. The van der Waals surface area contributed by atoms with Gasteiger partial charge in [0.15, 0.2) is 0 Å². The van der Waals surface area contributed by atoms with Gasteiger partial charge < -0.3 is 11.1 Å². The van der Waals surface area contributed by atoms with Crippen LogP contribution in [0, 0.1) is 23.7 Å². The Morgan fingerprint density at radius 2 is 2.25 bits per heavy atom. The highest BCUT2D eigenvalue weighted by Gasteiger charge is 2.39. The predicted molar refractivity (Wildman–Crippen MR) is 67.9 cm³/mol. The van der Waals surface area contributed by atoms with Gasteiger partial charge in [-0.25, -0.2) is 0 Å².